The van der Waals surface area contributed by atoms with Crippen LogP contribution in [0.25, 0.3) is 0 Å². The van der Waals surface area contributed by atoms with E-state index in [2.05, 4.69) is 44.3 Å². The fourth-order valence-corrected chi connectivity index (χ4v) is 2.52. The smallest absolute Gasteiger partial charge is 0.0802 e. The second kappa shape index (κ2) is 5.41. The zero-order valence-electron chi connectivity index (χ0n) is 12.0. The van der Waals surface area contributed by atoms with Crippen LogP contribution in [-0.4, -0.2) is 19.3 Å². The maximum atomic E-state index is 5.64. The lowest BCUT2D eigenvalue weighted by molar-refractivity contribution is -0.0706. The molecular weight excluding hydrogens is 222 g/mol. The highest BCUT2D eigenvalue weighted by Crippen LogP contribution is 2.34. The number of hydrogen-bond acceptors (Lipinski definition) is 2. The molecule has 0 amide bonds. The molecule has 0 saturated heterocycles. The molecule has 0 spiro atoms. The minimum absolute atomic E-state index is 0.105. The maximum absolute atomic E-state index is 5.64. The maximum Gasteiger partial charge on any atom is 0.0802 e. The lowest BCUT2D eigenvalue weighted by atomic mass is 9.79. The van der Waals surface area contributed by atoms with Crippen molar-refractivity contribution in [2.24, 2.45) is 0 Å². The molecule has 1 atom stereocenters. The quantitative estimate of drug-likeness (QED) is 0.859. The van der Waals surface area contributed by atoms with E-state index in [1.54, 1.807) is 0 Å². The second-order valence-corrected chi connectivity index (χ2v) is 5.69. The van der Waals surface area contributed by atoms with E-state index in [9.17, 15) is 0 Å². The number of nitrogens with one attached hydrogen (secondary N) is 1. The standard InChI is InChI=1S/C16H25NO/c1-12-6-7-15(10-13(12)2)14(3)17-11-16(18-4)8-5-9-16/h6-7,10,14,17H,5,8-9,11H2,1-4H3. The number of ether oxygens (including phenoxy) is 1. The molecule has 0 aromatic heterocycles. The first kappa shape index (κ1) is 13.6. The van der Waals surface area contributed by atoms with Crippen LogP contribution in [0.15, 0.2) is 18.2 Å². The largest absolute Gasteiger partial charge is 0.377 e. The third kappa shape index (κ3) is 2.76. The van der Waals surface area contributed by atoms with E-state index in [0.29, 0.717) is 6.04 Å². The highest BCUT2D eigenvalue weighted by atomic mass is 16.5. The fourth-order valence-electron chi connectivity index (χ4n) is 2.52. The van der Waals surface area contributed by atoms with Crippen LogP contribution in [0.3, 0.4) is 0 Å². The van der Waals surface area contributed by atoms with Gasteiger partial charge in [0.2, 0.25) is 0 Å². The monoisotopic (exact) mass is 247 g/mol. The van der Waals surface area contributed by atoms with Gasteiger partial charge in [0.15, 0.2) is 0 Å². The summed E-state index contributed by atoms with van der Waals surface area (Å²) in [4.78, 5) is 0. The fraction of sp³-hybridized carbons (Fsp3) is 0.625. The van der Waals surface area contributed by atoms with Gasteiger partial charge >= 0.3 is 0 Å². The minimum atomic E-state index is 0.105. The van der Waals surface area contributed by atoms with Crippen molar-refractivity contribution < 1.29 is 4.74 Å². The second-order valence-electron chi connectivity index (χ2n) is 5.69. The van der Waals surface area contributed by atoms with Crippen molar-refractivity contribution in [1.82, 2.24) is 5.32 Å². The third-order valence-corrected chi connectivity index (χ3v) is 4.46. The highest BCUT2D eigenvalue weighted by molar-refractivity contribution is 5.31. The Morgan fingerprint density at radius 3 is 2.50 bits per heavy atom. The molecule has 1 saturated carbocycles. The molecule has 1 aliphatic carbocycles. The summed E-state index contributed by atoms with van der Waals surface area (Å²) in [6, 6.07) is 7.10. The Kier molecular flexibility index (Phi) is 4.08. The molecule has 0 radical (unpaired) electrons. The Morgan fingerprint density at radius 2 is 2.00 bits per heavy atom. The van der Waals surface area contributed by atoms with Crippen molar-refractivity contribution in [2.75, 3.05) is 13.7 Å². The van der Waals surface area contributed by atoms with Gasteiger partial charge in [-0.3, -0.25) is 0 Å². The number of hydrogen-bond donors (Lipinski definition) is 1. The highest BCUT2D eigenvalue weighted by Gasteiger charge is 2.36. The van der Waals surface area contributed by atoms with E-state index in [4.69, 9.17) is 4.74 Å². The van der Waals surface area contributed by atoms with Gasteiger partial charge in [-0.15, -0.1) is 0 Å². The predicted octanol–water partition coefficient (Wildman–Crippen LogP) is 3.52. The van der Waals surface area contributed by atoms with Gasteiger partial charge in [-0.05, 0) is 56.7 Å². The summed E-state index contributed by atoms with van der Waals surface area (Å²) in [5.41, 5.74) is 4.20. The van der Waals surface area contributed by atoms with Gasteiger partial charge in [-0.25, -0.2) is 0 Å². The molecule has 100 valence electrons. The summed E-state index contributed by atoms with van der Waals surface area (Å²) in [6.45, 7) is 7.52. The molecule has 1 N–H and O–H groups in total. The van der Waals surface area contributed by atoms with Crippen molar-refractivity contribution >= 4 is 0 Å². The molecule has 1 fully saturated rings. The van der Waals surface area contributed by atoms with Crippen LogP contribution < -0.4 is 5.32 Å². The van der Waals surface area contributed by atoms with Crippen LogP contribution in [0.4, 0.5) is 0 Å². The molecule has 0 aliphatic heterocycles. The lowest BCUT2D eigenvalue weighted by Crippen LogP contribution is -2.48. The van der Waals surface area contributed by atoms with E-state index in [1.165, 1.54) is 36.0 Å². The summed E-state index contributed by atoms with van der Waals surface area (Å²) in [7, 11) is 1.83. The van der Waals surface area contributed by atoms with E-state index in [-0.39, 0.29) is 5.60 Å². The average Bonchev–Trinajstić information content (AvgIpc) is 2.31. The van der Waals surface area contributed by atoms with E-state index < -0.39 is 0 Å². The topological polar surface area (TPSA) is 21.3 Å². The normalized spacial score (nSPS) is 19.3. The Labute approximate surface area is 111 Å². The number of benzene rings is 1. The summed E-state index contributed by atoms with van der Waals surface area (Å²) in [6.07, 6.45) is 3.68. The average molecular weight is 247 g/mol. The summed E-state index contributed by atoms with van der Waals surface area (Å²) in [5, 5.41) is 3.61. The number of methoxy groups -OCH3 is 1. The lowest BCUT2D eigenvalue weighted by Gasteiger charge is -2.41. The van der Waals surface area contributed by atoms with Crippen LogP contribution >= 0.6 is 0 Å². The molecule has 1 aromatic carbocycles. The van der Waals surface area contributed by atoms with E-state index in [0.717, 1.165) is 6.54 Å². The van der Waals surface area contributed by atoms with E-state index >= 15 is 0 Å². The molecule has 0 bridgehead atoms. The Balaban J connectivity index is 1.94. The van der Waals surface area contributed by atoms with Crippen LogP contribution in [0.2, 0.25) is 0 Å². The summed E-state index contributed by atoms with van der Waals surface area (Å²) >= 11 is 0. The zero-order valence-corrected chi connectivity index (χ0v) is 12.0. The molecule has 1 unspecified atom stereocenters. The van der Waals surface area contributed by atoms with Crippen LogP contribution in [0.5, 0.6) is 0 Å². The van der Waals surface area contributed by atoms with Crippen molar-refractivity contribution in [3.8, 4) is 0 Å². The summed E-state index contributed by atoms with van der Waals surface area (Å²) in [5.74, 6) is 0. The Hall–Kier alpha value is -0.860. The van der Waals surface area contributed by atoms with Gasteiger partial charge in [0.25, 0.3) is 0 Å². The van der Waals surface area contributed by atoms with Gasteiger partial charge in [0, 0.05) is 19.7 Å². The van der Waals surface area contributed by atoms with Gasteiger partial charge in [0.05, 0.1) is 5.60 Å². The molecule has 1 aromatic rings. The third-order valence-electron chi connectivity index (χ3n) is 4.46. The van der Waals surface area contributed by atoms with Crippen LogP contribution in [0, 0.1) is 13.8 Å². The Morgan fingerprint density at radius 1 is 1.28 bits per heavy atom. The first-order valence-electron chi connectivity index (χ1n) is 6.92. The SMILES string of the molecule is COC1(CNC(C)c2ccc(C)c(C)c2)CCC1. The molecule has 2 rings (SSSR count). The first-order chi connectivity index (χ1) is 8.56. The number of rotatable bonds is 5. The molecule has 2 nitrogen and oxygen atoms in total. The Bertz CT molecular complexity index is 404. The van der Waals surface area contributed by atoms with Crippen LogP contribution in [0.1, 0.15) is 48.9 Å². The molecule has 2 heteroatoms. The van der Waals surface area contributed by atoms with E-state index in [1.807, 2.05) is 7.11 Å². The predicted molar refractivity (Wildman–Crippen MR) is 75.9 cm³/mol. The summed E-state index contributed by atoms with van der Waals surface area (Å²) < 4.78 is 5.64. The van der Waals surface area contributed by atoms with Gasteiger partial charge in [-0.2, -0.15) is 0 Å². The zero-order chi connectivity index (χ0) is 13.2. The van der Waals surface area contributed by atoms with Crippen molar-refractivity contribution in [1.29, 1.82) is 0 Å². The molecular formula is C16H25NO. The number of aryl methyl sites for hydroxylation is 2. The van der Waals surface area contributed by atoms with Crippen molar-refractivity contribution in [2.45, 2.75) is 51.7 Å². The van der Waals surface area contributed by atoms with Crippen molar-refractivity contribution in [3.63, 3.8) is 0 Å². The molecule has 1 aliphatic rings. The minimum Gasteiger partial charge on any atom is -0.377 e. The van der Waals surface area contributed by atoms with Crippen LogP contribution in [-0.2, 0) is 4.74 Å². The van der Waals surface area contributed by atoms with Gasteiger partial charge in [0.1, 0.15) is 0 Å². The first-order valence-corrected chi connectivity index (χ1v) is 6.92. The van der Waals surface area contributed by atoms with Crippen molar-refractivity contribution in [3.05, 3.63) is 34.9 Å². The molecule has 18 heavy (non-hydrogen) atoms. The van der Waals surface area contributed by atoms with Gasteiger partial charge in [-0.1, -0.05) is 18.2 Å². The van der Waals surface area contributed by atoms with Gasteiger partial charge < -0.3 is 10.1 Å². The molecule has 0 heterocycles.